The third kappa shape index (κ3) is 2.77. The van der Waals surface area contributed by atoms with Gasteiger partial charge in [0.2, 0.25) is 0 Å². The number of rotatable bonds is 3. The molecule has 0 aliphatic carbocycles. The highest BCUT2D eigenvalue weighted by molar-refractivity contribution is 5.93. The third-order valence-corrected chi connectivity index (χ3v) is 4.89. The molecule has 0 fully saturated rings. The lowest BCUT2D eigenvalue weighted by Gasteiger charge is -2.27. The molecule has 0 spiro atoms. The third-order valence-electron chi connectivity index (χ3n) is 4.89. The highest BCUT2D eigenvalue weighted by atomic mass is 19.1. The van der Waals surface area contributed by atoms with E-state index < -0.39 is 0 Å². The predicted octanol–water partition coefficient (Wildman–Crippen LogP) is 4.75. The highest BCUT2D eigenvalue weighted by Crippen LogP contribution is 2.33. The lowest BCUT2D eigenvalue weighted by atomic mass is 10.1. The fourth-order valence-electron chi connectivity index (χ4n) is 3.56. The Morgan fingerprint density at radius 3 is 2.85 bits per heavy atom. The molecule has 4 nitrogen and oxygen atoms in total. The van der Waals surface area contributed by atoms with Gasteiger partial charge >= 0.3 is 0 Å². The molecule has 132 valence electrons. The molecule has 0 amide bonds. The van der Waals surface area contributed by atoms with Crippen molar-refractivity contribution in [1.29, 1.82) is 0 Å². The van der Waals surface area contributed by atoms with E-state index in [4.69, 9.17) is 0 Å². The number of hydrogen-bond acceptors (Lipinski definition) is 3. The van der Waals surface area contributed by atoms with Crippen LogP contribution < -0.4 is 4.90 Å². The maximum Gasteiger partial charge on any atom is 0.134 e. The van der Waals surface area contributed by atoms with Crippen LogP contribution >= 0.6 is 0 Å². The first-order valence-corrected chi connectivity index (χ1v) is 8.84. The molecule has 0 N–H and O–H groups in total. The Labute approximate surface area is 156 Å². The van der Waals surface area contributed by atoms with Crippen molar-refractivity contribution >= 4 is 28.5 Å². The van der Waals surface area contributed by atoms with Gasteiger partial charge in [0.25, 0.3) is 0 Å². The van der Waals surface area contributed by atoms with Gasteiger partial charge < -0.3 is 9.47 Å². The number of pyridine rings is 1. The summed E-state index contributed by atoms with van der Waals surface area (Å²) in [6.45, 7) is 1.21. The minimum Gasteiger partial charge on any atom is -0.341 e. The number of aliphatic imine (C=N–C) groups is 1. The van der Waals surface area contributed by atoms with Crippen molar-refractivity contribution in [3.63, 3.8) is 0 Å². The first kappa shape index (κ1) is 15.8. The lowest BCUT2D eigenvalue weighted by molar-refractivity contribution is 0.624. The second-order valence-corrected chi connectivity index (χ2v) is 6.56. The van der Waals surface area contributed by atoms with Crippen molar-refractivity contribution in [2.45, 2.75) is 6.54 Å². The van der Waals surface area contributed by atoms with Crippen LogP contribution in [0.4, 0.5) is 15.8 Å². The smallest absolute Gasteiger partial charge is 0.134 e. The van der Waals surface area contributed by atoms with Crippen molar-refractivity contribution < 1.29 is 4.39 Å². The average molecular weight is 356 g/mol. The van der Waals surface area contributed by atoms with Crippen LogP contribution in [0.2, 0.25) is 0 Å². The molecule has 1 aliphatic rings. The summed E-state index contributed by atoms with van der Waals surface area (Å²) in [4.78, 5) is 10.8. The highest BCUT2D eigenvalue weighted by Gasteiger charge is 2.18. The topological polar surface area (TPSA) is 33.4 Å². The van der Waals surface area contributed by atoms with Gasteiger partial charge in [0.15, 0.2) is 0 Å². The van der Waals surface area contributed by atoms with E-state index in [-0.39, 0.29) is 5.82 Å². The molecular formula is C22H17FN4. The van der Waals surface area contributed by atoms with E-state index in [1.165, 1.54) is 6.07 Å². The number of anilines is 2. The molecule has 4 aromatic rings. The maximum absolute atomic E-state index is 14.1. The molecule has 0 unspecified atom stereocenters. The molecule has 0 radical (unpaired) electrons. The monoisotopic (exact) mass is 356 g/mol. The van der Waals surface area contributed by atoms with Gasteiger partial charge in [0, 0.05) is 35.2 Å². The van der Waals surface area contributed by atoms with Crippen LogP contribution in [0.5, 0.6) is 0 Å². The summed E-state index contributed by atoms with van der Waals surface area (Å²) in [5, 5.41) is 1.14. The number of nitrogens with zero attached hydrogens (tertiary/aromatic N) is 4. The largest absolute Gasteiger partial charge is 0.341 e. The maximum atomic E-state index is 14.1. The summed E-state index contributed by atoms with van der Waals surface area (Å²) in [7, 11) is 0. The van der Waals surface area contributed by atoms with E-state index in [9.17, 15) is 4.39 Å². The van der Waals surface area contributed by atoms with Gasteiger partial charge in [-0.25, -0.2) is 4.39 Å². The van der Waals surface area contributed by atoms with Gasteiger partial charge in [-0.1, -0.05) is 12.1 Å². The summed E-state index contributed by atoms with van der Waals surface area (Å²) in [6, 6.07) is 19.5. The van der Waals surface area contributed by atoms with Gasteiger partial charge in [0.05, 0.1) is 23.5 Å². The van der Waals surface area contributed by atoms with Gasteiger partial charge in [-0.2, -0.15) is 0 Å². The normalized spacial score (nSPS) is 13.1. The number of halogens is 1. The van der Waals surface area contributed by atoms with Crippen LogP contribution in [0.25, 0.3) is 10.9 Å². The average Bonchev–Trinajstić information content (AvgIpc) is 3.11. The van der Waals surface area contributed by atoms with E-state index in [0.29, 0.717) is 12.2 Å². The van der Waals surface area contributed by atoms with E-state index >= 15 is 0 Å². The van der Waals surface area contributed by atoms with Crippen LogP contribution in [-0.4, -0.2) is 22.4 Å². The Balaban J connectivity index is 1.52. The molecule has 27 heavy (non-hydrogen) atoms. The first-order valence-electron chi connectivity index (χ1n) is 8.84. The minimum absolute atomic E-state index is 0.247. The van der Waals surface area contributed by atoms with Crippen LogP contribution in [0.1, 0.15) is 11.3 Å². The second kappa shape index (κ2) is 6.36. The zero-order valence-electron chi connectivity index (χ0n) is 14.6. The Kier molecular flexibility index (Phi) is 3.71. The molecule has 0 atom stereocenters. The predicted molar refractivity (Wildman–Crippen MR) is 106 cm³/mol. The van der Waals surface area contributed by atoms with Crippen molar-refractivity contribution in [2.24, 2.45) is 4.99 Å². The molecule has 0 saturated carbocycles. The van der Waals surface area contributed by atoms with Gasteiger partial charge in [0.1, 0.15) is 12.5 Å². The van der Waals surface area contributed by atoms with E-state index in [0.717, 1.165) is 34.5 Å². The molecular weight excluding hydrogens is 339 g/mol. The number of fused-ring (bicyclic) bond motifs is 2. The van der Waals surface area contributed by atoms with Crippen molar-refractivity contribution in [1.82, 2.24) is 9.55 Å². The molecule has 2 aromatic carbocycles. The molecule has 5 rings (SSSR count). The van der Waals surface area contributed by atoms with Crippen LogP contribution in [0.15, 0.2) is 78.0 Å². The summed E-state index contributed by atoms with van der Waals surface area (Å²) in [5.41, 5.74) is 4.55. The fraction of sp³-hybridized carbons (Fsp3) is 0.0909. The zero-order valence-corrected chi connectivity index (χ0v) is 14.6. The SMILES string of the molecule is Fc1cccc2c1C=NCN2c1ccc2c(ccn2Cc2ccccn2)c1. The van der Waals surface area contributed by atoms with Crippen LogP contribution in [-0.2, 0) is 6.54 Å². The Morgan fingerprint density at radius 1 is 1.00 bits per heavy atom. The molecule has 5 heteroatoms. The van der Waals surface area contributed by atoms with Crippen molar-refractivity contribution in [2.75, 3.05) is 11.6 Å². The quantitative estimate of drug-likeness (QED) is 0.531. The fourth-order valence-corrected chi connectivity index (χ4v) is 3.56. The standard InChI is InChI=1S/C22H17FN4/c23-20-5-3-6-22-19(20)13-24-15-27(22)18-7-8-21-16(12-18)9-11-26(21)14-17-4-1-2-10-25-17/h1-13H,14-15H2. The first-order chi connectivity index (χ1) is 13.3. The zero-order chi connectivity index (χ0) is 18.2. The number of benzene rings is 2. The molecule has 2 aromatic heterocycles. The Bertz CT molecular complexity index is 1150. The van der Waals surface area contributed by atoms with E-state index in [2.05, 4.69) is 45.0 Å². The summed E-state index contributed by atoms with van der Waals surface area (Å²) in [6.07, 6.45) is 5.50. The Morgan fingerprint density at radius 2 is 1.96 bits per heavy atom. The molecule has 3 heterocycles. The van der Waals surface area contributed by atoms with Crippen molar-refractivity contribution in [3.8, 4) is 0 Å². The number of hydrogen-bond donors (Lipinski definition) is 0. The van der Waals surface area contributed by atoms with Crippen molar-refractivity contribution in [3.05, 3.63) is 90.1 Å². The number of aromatic nitrogens is 2. The van der Waals surface area contributed by atoms with Crippen LogP contribution in [0.3, 0.4) is 0 Å². The van der Waals surface area contributed by atoms with Gasteiger partial charge in [-0.15, -0.1) is 0 Å². The Hall–Kier alpha value is -3.47. The summed E-state index contributed by atoms with van der Waals surface area (Å²) >= 11 is 0. The van der Waals surface area contributed by atoms with Gasteiger partial charge in [-0.3, -0.25) is 9.98 Å². The lowest BCUT2D eigenvalue weighted by Crippen LogP contribution is -2.22. The summed E-state index contributed by atoms with van der Waals surface area (Å²) < 4.78 is 16.3. The summed E-state index contributed by atoms with van der Waals surface area (Å²) in [5.74, 6) is -0.247. The minimum atomic E-state index is -0.247. The molecule has 0 bridgehead atoms. The molecule has 1 aliphatic heterocycles. The van der Waals surface area contributed by atoms with Gasteiger partial charge in [-0.05, 0) is 48.5 Å². The van der Waals surface area contributed by atoms with Crippen LogP contribution in [0, 0.1) is 5.82 Å². The van der Waals surface area contributed by atoms with E-state index in [1.807, 2.05) is 35.4 Å². The second-order valence-electron chi connectivity index (χ2n) is 6.56. The molecule has 0 saturated heterocycles. The van der Waals surface area contributed by atoms with E-state index in [1.54, 1.807) is 12.3 Å².